The molecule has 1 aromatic heterocycles. The summed E-state index contributed by atoms with van der Waals surface area (Å²) in [5.41, 5.74) is 1.23. The van der Waals surface area contributed by atoms with Crippen LogP contribution in [-0.2, 0) is 9.53 Å². The first-order valence-corrected chi connectivity index (χ1v) is 4.74. The van der Waals surface area contributed by atoms with Crippen molar-refractivity contribution in [2.24, 2.45) is 0 Å². The third-order valence-corrected chi connectivity index (χ3v) is 2.07. The van der Waals surface area contributed by atoms with Gasteiger partial charge in [-0.3, -0.25) is 0 Å². The molecule has 0 aromatic carbocycles. The number of aromatic nitrogens is 2. The average molecular weight is 205 g/mol. The number of carbonyl (C=O) groups excluding carboxylic acids is 1. The summed E-state index contributed by atoms with van der Waals surface area (Å²) in [6.07, 6.45) is 4.83. The third kappa shape index (κ3) is 1.81. The summed E-state index contributed by atoms with van der Waals surface area (Å²) in [4.78, 5) is 19.5. The quantitative estimate of drug-likeness (QED) is 0.725. The molecule has 0 fully saturated rings. The number of hydrogen-bond donors (Lipinski definition) is 1. The molecule has 5 nitrogen and oxygen atoms in total. The molecule has 15 heavy (non-hydrogen) atoms. The van der Waals surface area contributed by atoms with Gasteiger partial charge in [-0.2, -0.15) is 0 Å². The molecule has 0 bridgehead atoms. The number of anilines is 1. The third-order valence-electron chi connectivity index (χ3n) is 2.07. The van der Waals surface area contributed by atoms with Crippen LogP contribution in [0.25, 0.3) is 5.57 Å². The van der Waals surface area contributed by atoms with Crippen molar-refractivity contribution in [3.8, 4) is 0 Å². The molecular formula is C10H11N3O2. The number of hydrogen-bond acceptors (Lipinski definition) is 5. The van der Waals surface area contributed by atoms with Gasteiger partial charge >= 0.3 is 5.97 Å². The fourth-order valence-corrected chi connectivity index (χ4v) is 1.43. The minimum absolute atomic E-state index is 0.324. The van der Waals surface area contributed by atoms with Gasteiger partial charge in [-0.1, -0.05) is 6.08 Å². The summed E-state index contributed by atoms with van der Waals surface area (Å²) in [6.45, 7) is 2.73. The second kappa shape index (κ2) is 4.08. The molecule has 0 saturated heterocycles. The molecule has 1 aliphatic heterocycles. The Labute approximate surface area is 87.2 Å². The van der Waals surface area contributed by atoms with E-state index in [1.54, 1.807) is 19.2 Å². The smallest absolute Gasteiger partial charge is 0.338 e. The second-order valence-corrected chi connectivity index (χ2v) is 3.00. The minimum Gasteiger partial charge on any atom is -0.462 e. The molecule has 1 aromatic rings. The second-order valence-electron chi connectivity index (χ2n) is 3.00. The van der Waals surface area contributed by atoms with E-state index in [0.717, 1.165) is 0 Å². The molecule has 2 heterocycles. The average Bonchev–Trinajstić information content (AvgIpc) is 2.28. The van der Waals surface area contributed by atoms with Gasteiger partial charge in [0.25, 0.3) is 0 Å². The van der Waals surface area contributed by atoms with Gasteiger partial charge in [-0.05, 0) is 6.92 Å². The van der Waals surface area contributed by atoms with E-state index in [2.05, 4.69) is 15.3 Å². The van der Waals surface area contributed by atoms with Gasteiger partial charge in [0.1, 0.15) is 12.1 Å². The summed E-state index contributed by atoms with van der Waals surface area (Å²) in [5.74, 6) is 0.352. The van der Waals surface area contributed by atoms with E-state index < -0.39 is 0 Å². The van der Waals surface area contributed by atoms with Crippen molar-refractivity contribution in [1.29, 1.82) is 0 Å². The van der Waals surface area contributed by atoms with E-state index >= 15 is 0 Å². The first kappa shape index (κ1) is 9.64. The van der Waals surface area contributed by atoms with Crippen molar-refractivity contribution >= 4 is 17.4 Å². The molecule has 0 amide bonds. The molecule has 1 N–H and O–H groups in total. The molecule has 0 saturated carbocycles. The van der Waals surface area contributed by atoms with E-state index in [-0.39, 0.29) is 5.97 Å². The monoisotopic (exact) mass is 205 g/mol. The van der Waals surface area contributed by atoms with E-state index in [1.165, 1.54) is 6.33 Å². The number of nitrogens with zero attached hydrogens (tertiary/aromatic N) is 2. The van der Waals surface area contributed by atoms with Crippen LogP contribution >= 0.6 is 0 Å². The standard InChI is InChI=1S/C10H11N3O2/c1-2-15-10(14)7-3-4-12-9-8(7)5-11-6-13-9/h3,5-6H,2,4H2,1H3,(H,11,12,13). The maximum atomic E-state index is 11.6. The number of ether oxygens (including phenoxy) is 1. The number of fused-ring (bicyclic) bond motifs is 1. The fourth-order valence-electron chi connectivity index (χ4n) is 1.43. The predicted octanol–water partition coefficient (Wildman–Crippen LogP) is 0.849. The molecule has 0 atom stereocenters. The first-order chi connectivity index (χ1) is 7.33. The summed E-state index contributed by atoms with van der Waals surface area (Å²) in [5, 5.41) is 3.05. The zero-order chi connectivity index (χ0) is 10.7. The number of esters is 1. The highest BCUT2D eigenvalue weighted by Gasteiger charge is 2.20. The van der Waals surface area contributed by atoms with Gasteiger partial charge in [-0.25, -0.2) is 14.8 Å². The normalized spacial score (nSPS) is 13.5. The highest BCUT2D eigenvalue weighted by atomic mass is 16.5. The largest absolute Gasteiger partial charge is 0.462 e. The van der Waals surface area contributed by atoms with E-state index in [9.17, 15) is 4.79 Å². The van der Waals surface area contributed by atoms with E-state index in [4.69, 9.17) is 4.74 Å². The lowest BCUT2D eigenvalue weighted by atomic mass is 10.1. The maximum absolute atomic E-state index is 11.6. The highest BCUT2D eigenvalue weighted by Crippen LogP contribution is 2.24. The van der Waals surface area contributed by atoms with Crippen molar-refractivity contribution in [1.82, 2.24) is 9.97 Å². The Morgan fingerprint density at radius 2 is 2.53 bits per heavy atom. The maximum Gasteiger partial charge on any atom is 0.338 e. The lowest BCUT2D eigenvalue weighted by Gasteiger charge is -2.16. The number of rotatable bonds is 2. The Morgan fingerprint density at radius 1 is 1.67 bits per heavy atom. The van der Waals surface area contributed by atoms with Crippen LogP contribution in [0.15, 0.2) is 18.6 Å². The van der Waals surface area contributed by atoms with Gasteiger partial charge in [0, 0.05) is 18.3 Å². The van der Waals surface area contributed by atoms with E-state index in [1.807, 2.05) is 0 Å². The number of nitrogens with one attached hydrogen (secondary N) is 1. The van der Waals surface area contributed by atoms with Crippen LogP contribution in [-0.4, -0.2) is 29.1 Å². The zero-order valence-electron chi connectivity index (χ0n) is 8.36. The van der Waals surface area contributed by atoms with Crippen LogP contribution in [0.3, 0.4) is 0 Å². The molecule has 0 spiro atoms. The molecule has 0 aliphatic carbocycles. The predicted molar refractivity (Wildman–Crippen MR) is 55.1 cm³/mol. The van der Waals surface area contributed by atoms with Gasteiger partial charge < -0.3 is 10.1 Å². The van der Waals surface area contributed by atoms with Gasteiger partial charge in [-0.15, -0.1) is 0 Å². The Morgan fingerprint density at radius 3 is 3.33 bits per heavy atom. The summed E-state index contributed by atoms with van der Waals surface area (Å²) in [7, 11) is 0. The van der Waals surface area contributed by atoms with Crippen LogP contribution in [0.2, 0.25) is 0 Å². The van der Waals surface area contributed by atoms with Crippen molar-refractivity contribution in [3.05, 3.63) is 24.2 Å². The minimum atomic E-state index is -0.324. The van der Waals surface area contributed by atoms with E-state index in [0.29, 0.717) is 30.1 Å². The summed E-state index contributed by atoms with van der Waals surface area (Å²) >= 11 is 0. The lowest BCUT2D eigenvalue weighted by Crippen LogP contribution is -2.16. The summed E-state index contributed by atoms with van der Waals surface area (Å²) < 4.78 is 4.95. The zero-order valence-corrected chi connectivity index (χ0v) is 8.36. The molecule has 5 heteroatoms. The van der Waals surface area contributed by atoms with Crippen LogP contribution < -0.4 is 5.32 Å². The Bertz CT molecular complexity index is 415. The van der Waals surface area contributed by atoms with Crippen LogP contribution in [0, 0.1) is 0 Å². The van der Waals surface area contributed by atoms with Crippen LogP contribution in [0.5, 0.6) is 0 Å². The van der Waals surface area contributed by atoms with Crippen molar-refractivity contribution in [2.75, 3.05) is 18.5 Å². The molecule has 2 rings (SSSR count). The highest BCUT2D eigenvalue weighted by molar-refractivity contribution is 6.18. The molecule has 0 radical (unpaired) electrons. The van der Waals surface area contributed by atoms with Gasteiger partial charge in [0.2, 0.25) is 0 Å². The summed E-state index contributed by atoms with van der Waals surface area (Å²) in [6, 6.07) is 0. The molecular weight excluding hydrogens is 194 g/mol. The van der Waals surface area contributed by atoms with Crippen molar-refractivity contribution < 1.29 is 9.53 Å². The van der Waals surface area contributed by atoms with Crippen LogP contribution in [0.1, 0.15) is 12.5 Å². The molecule has 78 valence electrons. The molecule has 0 unspecified atom stereocenters. The lowest BCUT2D eigenvalue weighted by molar-refractivity contribution is -0.136. The SMILES string of the molecule is CCOC(=O)C1=CCNc2ncncc21. The van der Waals surface area contributed by atoms with Crippen molar-refractivity contribution in [3.63, 3.8) is 0 Å². The van der Waals surface area contributed by atoms with Crippen LogP contribution in [0.4, 0.5) is 5.82 Å². The van der Waals surface area contributed by atoms with Crippen molar-refractivity contribution in [2.45, 2.75) is 6.92 Å². The fraction of sp³-hybridized carbons (Fsp3) is 0.300. The van der Waals surface area contributed by atoms with Gasteiger partial charge in [0.05, 0.1) is 12.2 Å². The number of carbonyl (C=O) groups is 1. The Kier molecular flexibility index (Phi) is 2.62. The Balaban J connectivity index is 2.34. The van der Waals surface area contributed by atoms with Gasteiger partial charge in [0.15, 0.2) is 0 Å². The first-order valence-electron chi connectivity index (χ1n) is 4.74. The topological polar surface area (TPSA) is 64.1 Å². The Hall–Kier alpha value is -1.91. The molecule has 1 aliphatic rings.